The van der Waals surface area contributed by atoms with Crippen LogP contribution in [0.1, 0.15) is 10.7 Å². The zero-order chi connectivity index (χ0) is 15.5. The maximum absolute atomic E-state index is 12.4. The molecule has 1 fully saturated rings. The van der Waals surface area contributed by atoms with Crippen LogP contribution >= 0.6 is 0 Å². The first-order valence-corrected chi connectivity index (χ1v) is 7.18. The monoisotopic (exact) mass is 302 g/mol. The average molecular weight is 302 g/mol. The van der Waals surface area contributed by atoms with E-state index in [0.717, 1.165) is 5.56 Å². The summed E-state index contributed by atoms with van der Waals surface area (Å²) in [6.45, 7) is 1.75. The van der Waals surface area contributed by atoms with Gasteiger partial charge in [-0.3, -0.25) is 9.69 Å². The Balaban J connectivity index is 1.75. The lowest BCUT2D eigenvalue weighted by molar-refractivity contribution is 0.0392. The van der Waals surface area contributed by atoms with Gasteiger partial charge in [-0.2, -0.15) is 0 Å². The minimum Gasteiger partial charge on any atom is -0.412 e. The predicted molar refractivity (Wildman–Crippen MR) is 79.1 cm³/mol. The van der Waals surface area contributed by atoms with E-state index in [0.29, 0.717) is 25.5 Å². The summed E-state index contributed by atoms with van der Waals surface area (Å²) in [5.74, 6) is 0.0260. The smallest absolute Gasteiger partial charge is 0.311 e. The Morgan fingerprint density at radius 3 is 2.82 bits per heavy atom. The lowest BCUT2D eigenvalue weighted by atomic mass is 10.2. The molecule has 0 spiro atoms. The number of aliphatic hydroxyl groups excluding tert-OH is 1. The maximum Gasteiger partial charge on any atom is 0.311 e. The predicted octanol–water partition coefficient (Wildman–Crippen LogP) is 0.485. The van der Waals surface area contributed by atoms with E-state index in [1.54, 1.807) is 4.90 Å². The van der Waals surface area contributed by atoms with Crippen LogP contribution in [0.2, 0.25) is 0 Å². The molecule has 7 heteroatoms. The number of hydrogen-bond acceptors (Lipinski definition) is 6. The lowest BCUT2D eigenvalue weighted by Crippen LogP contribution is -2.54. The van der Waals surface area contributed by atoms with Gasteiger partial charge in [0.1, 0.15) is 0 Å². The van der Waals surface area contributed by atoms with E-state index >= 15 is 0 Å². The third-order valence-electron chi connectivity index (χ3n) is 3.90. The second kappa shape index (κ2) is 6.25. The third-order valence-corrected chi connectivity index (χ3v) is 3.90. The second-order valence-electron chi connectivity index (χ2n) is 5.35. The molecule has 7 nitrogen and oxygen atoms in total. The molecule has 0 bridgehead atoms. The lowest BCUT2D eigenvalue weighted by Gasteiger charge is -2.37. The minimum absolute atomic E-state index is 0.0133. The van der Waals surface area contributed by atoms with E-state index in [9.17, 15) is 9.90 Å². The molecule has 0 aliphatic carbocycles. The van der Waals surface area contributed by atoms with Gasteiger partial charge in [-0.05, 0) is 19.2 Å². The molecule has 1 saturated heterocycles. The largest absolute Gasteiger partial charge is 0.412 e. The molecule has 22 heavy (non-hydrogen) atoms. The van der Waals surface area contributed by atoms with Crippen molar-refractivity contribution in [3.05, 3.63) is 36.2 Å². The van der Waals surface area contributed by atoms with E-state index in [-0.39, 0.29) is 24.4 Å². The number of likely N-dealkylation sites (N-methyl/N-ethyl adjacent to an activating group) is 1. The van der Waals surface area contributed by atoms with Gasteiger partial charge in [0.05, 0.1) is 12.6 Å². The first-order valence-electron chi connectivity index (χ1n) is 7.18. The van der Waals surface area contributed by atoms with Crippen molar-refractivity contribution in [2.75, 3.05) is 33.3 Å². The van der Waals surface area contributed by atoms with E-state index in [2.05, 4.69) is 10.2 Å². The van der Waals surface area contributed by atoms with E-state index in [1.165, 1.54) is 0 Å². The highest BCUT2D eigenvalue weighted by molar-refractivity contribution is 5.89. The van der Waals surface area contributed by atoms with Crippen LogP contribution in [-0.2, 0) is 0 Å². The molecule has 1 N–H and O–H groups in total. The van der Waals surface area contributed by atoms with Crippen molar-refractivity contribution in [3.8, 4) is 11.5 Å². The Hall–Kier alpha value is -2.25. The van der Waals surface area contributed by atoms with Crippen molar-refractivity contribution in [3.63, 3.8) is 0 Å². The van der Waals surface area contributed by atoms with Gasteiger partial charge in [0.15, 0.2) is 0 Å². The van der Waals surface area contributed by atoms with Crippen LogP contribution in [0.5, 0.6) is 0 Å². The normalized spacial score (nSPS) is 19.4. The highest BCUT2D eigenvalue weighted by atomic mass is 16.4. The molecule has 3 rings (SSSR count). The fourth-order valence-corrected chi connectivity index (χ4v) is 2.47. The van der Waals surface area contributed by atoms with Crippen molar-refractivity contribution in [2.24, 2.45) is 0 Å². The van der Waals surface area contributed by atoms with E-state index in [1.807, 2.05) is 42.3 Å². The number of carbonyl (C=O) groups is 1. The zero-order valence-electron chi connectivity index (χ0n) is 12.3. The molecule has 1 aromatic heterocycles. The summed E-state index contributed by atoms with van der Waals surface area (Å²) in [4.78, 5) is 16.1. The molecular formula is C15H18N4O3. The molecule has 0 radical (unpaired) electrons. The van der Waals surface area contributed by atoms with Gasteiger partial charge in [0.2, 0.25) is 5.89 Å². The molecule has 1 amide bonds. The summed E-state index contributed by atoms with van der Waals surface area (Å²) in [7, 11) is 1.93. The number of hydrogen-bond donors (Lipinski definition) is 1. The van der Waals surface area contributed by atoms with E-state index < -0.39 is 0 Å². The standard InChI is InChI=1S/C15H18N4O3/c1-18-7-8-19(9-12(18)10-20)15(21)14-17-16-13(22-14)11-5-3-2-4-6-11/h2-6,12,20H,7-10H2,1H3. The molecule has 0 saturated carbocycles. The fourth-order valence-electron chi connectivity index (χ4n) is 2.47. The van der Waals surface area contributed by atoms with Gasteiger partial charge in [0, 0.05) is 25.2 Å². The van der Waals surface area contributed by atoms with Gasteiger partial charge in [-0.25, -0.2) is 0 Å². The molecular weight excluding hydrogens is 284 g/mol. The summed E-state index contributed by atoms with van der Waals surface area (Å²) in [6, 6.07) is 9.26. The number of aliphatic hydroxyl groups is 1. The van der Waals surface area contributed by atoms with Gasteiger partial charge in [0.25, 0.3) is 0 Å². The third kappa shape index (κ3) is 2.86. The first kappa shape index (κ1) is 14.7. The topological polar surface area (TPSA) is 82.7 Å². The zero-order valence-corrected chi connectivity index (χ0v) is 12.3. The number of nitrogens with zero attached hydrogens (tertiary/aromatic N) is 4. The molecule has 1 atom stereocenters. The van der Waals surface area contributed by atoms with Crippen molar-refractivity contribution < 1.29 is 14.3 Å². The maximum atomic E-state index is 12.4. The Kier molecular flexibility index (Phi) is 4.17. The SMILES string of the molecule is CN1CCN(C(=O)c2nnc(-c3ccccc3)o2)CC1CO. The number of carbonyl (C=O) groups excluding carboxylic acids is 1. The van der Waals surface area contributed by atoms with Crippen molar-refractivity contribution in [2.45, 2.75) is 6.04 Å². The first-order chi connectivity index (χ1) is 10.7. The van der Waals surface area contributed by atoms with Crippen LogP contribution in [0.4, 0.5) is 0 Å². The Bertz CT molecular complexity index is 643. The van der Waals surface area contributed by atoms with Crippen LogP contribution in [-0.4, -0.2) is 70.3 Å². The van der Waals surface area contributed by atoms with Crippen molar-refractivity contribution >= 4 is 5.91 Å². The van der Waals surface area contributed by atoms with Crippen LogP contribution in [0.3, 0.4) is 0 Å². The summed E-state index contributed by atoms with van der Waals surface area (Å²) < 4.78 is 5.49. The van der Waals surface area contributed by atoms with Crippen molar-refractivity contribution in [1.29, 1.82) is 0 Å². The number of rotatable bonds is 3. The molecule has 1 aliphatic rings. The Morgan fingerprint density at radius 2 is 2.09 bits per heavy atom. The summed E-state index contributed by atoms with van der Waals surface area (Å²) in [6.07, 6.45) is 0. The fraction of sp³-hybridized carbons (Fsp3) is 0.400. The van der Waals surface area contributed by atoms with Gasteiger partial charge < -0.3 is 14.4 Å². The average Bonchev–Trinajstić information content (AvgIpc) is 3.05. The number of amides is 1. The highest BCUT2D eigenvalue weighted by Gasteiger charge is 2.30. The Labute approximate surface area is 128 Å². The van der Waals surface area contributed by atoms with Crippen LogP contribution in [0.15, 0.2) is 34.7 Å². The molecule has 1 unspecified atom stereocenters. The summed E-state index contributed by atoms with van der Waals surface area (Å²) >= 11 is 0. The van der Waals surface area contributed by atoms with Gasteiger partial charge in [-0.15, -0.1) is 10.2 Å². The molecule has 116 valence electrons. The van der Waals surface area contributed by atoms with Gasteiger partial charge >= 0.3 is 11.8 Å². The number of piperazine rings is 1. The van der Waals surface area contributed by atoms with Crippen LogP contribution < -0.4 is 0 Å². The summed E-state index contributed by atoms with van der Waals surface area (Å²) in [5, 5.41) is 17.1. The summed E-state index contributed by atoms with van der Waals surface area (Å²) in [5.41, 5.74) is 0.778. The van der Waals surface area contributed by atoms with Crippen LogP contribution in [0, 0.1) is 0 Å². The van der Waals surface area contributed by atoms with E-state index in [4.69, 9.17) is 4.42 Å². The van der Waals surface area contributed by atoms with Gasteiger partial charge in [-0.1, -0.05) is 18.2 Å². The second-order valence-corrected chi connectivity index (χ2v) is 5.35. The van der Waals surface area contributed by atoms with Crippen LogP contribution in [0.25, 0.3) is 11.5 Å². The Morgan fingerprint density at radius 1 is 1.32 bits per heavy atom. The molecule has 2 aromatic rings. The number of aromatic nitrogens is 2. The molecule has 1 aromatic carbocycles. The quantitative estimate of drug-likeness (QED) is 0.888. The molecule has 2 heterocycles. The molecule has 1 aliphatic heterocycles. The number of benzene rings is 1. The van der Waals surface area contributed by atoms with Crippen molar-refractivity contribution in [1.82, 2.24) is 20.0 Å². The minimum atomic E-state index is -0.291. The highest BCUT2D eigenvalue weighted by Crippen LogP contribution is 2.18.